The SMILES string of the molecule is CC(C)[Si](CC1CC(C(=O)c2ccccc2)=C(c2ccccc2)O1)(C(C)C)C(C)C. The Kier molecular flexibility index (Phi) is 7.02. The van der Waals surface area contributed by atoms with Gasteiger partial charge < -0.3 is 4.74 Å². The summed E-state index contributed by atoms with van der Waals surface area (Å²) in [5.74, 6) is 0.886. The van der Waals surface area contributed by atoms with Gasteiger partial charge >= 0.3 is 0 Å². The lowest BCUT2D eigenvalue weighted by Gasteiger charge is -2.44. The Labute approximate surface area is 183 Å². The zero-order valence-electron chi connectivity index (χ0n) is 19.3. The molecular weight excluding hydrogens is 384 g/mol. The number of hydrogen-bond donors (Lipinski definition) is 0. The van der Waals surface area contributed by atoms with Crippen LogP contribution in [-0.4, -0.2) is 20.0 Å². The van der Waals surface area contributed by atoms with E-state index in [-0.39, 0.29) is 11.9 Å². The zero-order chi connectivity index (χ0) is 21.9. The summed E-state index contributed by atoms with van der Waals surface area (Å²) in [7, 11) is -1.63. The van der Waals surface area contributed by atoms with Gasteiger partial charge in [0.05, 0.1) is 8.07 Å². The predicted molar refractivity (Wildman–Crippen MR) is 129 cm³/mol. The van der Waals surface area contributed by atoms with Gasteiger partial charge in [-0.05, 0) is 6.04 Å². The number of hydrogen-bond acceptors (Lipinski definition) is 2. The number of Topliss-reactive ketones (excluding diaryl/α,β-unsaturated/α-hetero) is 1. The van der Waals surface area contributed by atoms with Crippen LogP contribution in [0.2, 0.25) is 22.7 Å². The topological polar surface area (TPSA) is 26.3 Å². The lowest BCUT2D eigenvalue weighted by molar-refractivity contribution is 0.103. The van der Waals surface area contributed by atoms with Gasteiger partial charge in [0.15, 0.2) is 5.78 Å². The molecule has 3 rings (SSSR count). The third-order valence-corrected chi connectivity index (χ3v) is 14.8. The summed E-state index contributed by atoms with van der Waals surface area (Å²) < 4.78 is 6.60. The summed E-state index contributed by atoms with van der Waals surface area (Å²) in [4.78, 5) is 13.4. The Morgan fingerprint density at radius 2 is 1.37 bits per heavy atom. The van der Waals surface area contributed by atoms with E-state index in [4.69, 9.17) is 4.74 Å². The maximum Gasteiger partial charge on any atom is 0.192 e. The second-order valence-electron chi connectivity index (χ2n) is 9.59. The Morgan fingerprint density at radius 3 is 1.87 bits per heavy atom. The predicted octanol–water partition coefficient (Wildman–Crippen LogP) is 7.75. The largest absolute Gasteiger partial charge is 0.489 e. The zero-order valence-corrected chi connectivity index (χ0v) is 20.3. The number of carbonyl (C=O) groups is 1. The van der Waals surface area contributed by atoms with Crippen LogP contribution in [0.25, 0.3) is 5.76 Å². The van der Waals surface area contributed by atoms with Gasteiger partial charge in [-0.25, -0.2) is 0 Å². The fraction of sp³-hybridized carbons (Fsp3) is 0.444. The van der Waals surface area contributed by atoms with Crippen LogP contribution in [0.3, 0.4) is 0 Å². The van der Waals surface area contributed by atoms with Crippen molar-refractivity contribution >= 4 is 19.6 Å². The molecule has 2 nitrogen and oxygen atoms in total. The van der Waals surface area contributed by atoms with Crippen LogP contribution in [0.5, 0.6) is 0 Å². The smallest absolute Gasteiger partial charge is 0.192 e. The van der Waals surface area contributed by atoms with E-state index in [9.17, 15) is 4.79 Å². The van der Waals surface area contributed by atoms with Crippen molar-refractivity contribution in [3.05, 3.63) is 77.4 Å². The van der Waals surface area contributed by atoms with Crippen molar-refractivity contribution in [1.82, 2.24) is 0 Å². The van der Waals surface area contributed by atoms with Gasteiger partial charge in [-0.15, -0.1) is 0 Å². The standard InChI is InChI=1S/C27H36O2Si/c1-19(2)30(20(3)4,21(5)6)18-24-17-25(26(28)22-13-9-7-10-14-22)27(29-24)23-15-11-8-12-16-23/h7-16,19-21,24H,17-18H2,1-6H3. The molecule has 1 aliphatic heterocycles. The van der Waals surface area contributed by atoms with E-state index >= 15 is 0 Å². The lowest BCUT2D eigenvalue weighted by Crippen LogP contribution is -2.46. The first-order valence-corrected chi connectivity index (χ1v) is 13.8. The Morgan fingerprint density at radius 1 is 0.867 bits per heavy atom. The number of carbonyl (C=O) groups excluding carboxylic acids is 1. The molecule has 0 N–H and O–H groups in total. The quantitative estimate of drug-likeness (QED) is 0.322. The van der Waals surface area contributed by atoms with Crippen LogP contribution in [0.15, 0.2) is 66.2 Å². The van der Waals surface area contributed by atoms with Crippen molar-refractivity contribution in [2.75, 3.05) is 0 Å². The fourth-order valence-corrected chi connectivity index (χ4v) is 12.0. The molecule has 0 amide bonds. The van der Waals surface area contributed by atoms with Crippen LogP contribution >= 0.6 is 0 Å². The molecule has 1 atom stereocenters. The maximum absolute atomic E-state index is 13.4. The van der Waals surface area contributed by atoms with Crippen LogP contribution < -0.4 is 0 Å². The van der Waals surface area contributed by atoms with E-state index in [1.165, 1.54) is 0 Å². The van der Waals surface area contributed by atoms with Gasteiger partial charge in [0, 0.05) is 23.1 Å². The molecule has 0 saturated heterocycles. The molecule has 0 bridgehead atoms. The van der Waals surface area contributed by atoms with E-state index < -0.39 is 8.07 Å². The van der Waals surface area contributed by atoms with E-state index in [0.717, 1.165) is 28.5 Å². The van der Waals surface area contributed by atoms with Crippen LogP contribution in [0, 0.1) is 0 Å². The number of benzene rings is 2. The van der Waals surface area contributed by atoms with Crippen molar-refractivity contribution in [2.24, 2.45) is 0 Å². The highest BCUT2D eigenvalue weighted by atomic mass is 28.3. The van der Waals surface area contributed by atoms with Gasteiger partial charge in [-0.1, -0.05) is 119 Å². The first-order valence-electron chi connectivity index (χ1n) is 11.3. The molecule has 30 heavy (non-hydrogen) atoms. The van der Waals surface area contributed by atoms with Gasteiger partial charge in [-0.3, -0.25) is 4.79 Å². The minimum absolute atomic E-state index is 0.0849. The van der Waals surface area contributed by atoms with Crippen molar-refractivity contribution in [2.45, 2.75) is 76.7 Å². The summed E-state index contributed by atoms with van der Waals surface area (Å²) in [5, 5.41) is 0. The molecule has 2 aromatic carbocycles. The molecular formula is C27H36O2Si. The summed E-state index contributed by atoms with van der Waals surface area (Å²) in [6.07, 6.45) is 0.792. The van der Waals surface area contributed by atoms with E-state index in [1.54, 1.807) is 0 Å². The summed E-state index contributed by atoms with van der Waals surface area (Å²) in [6.45, 7) is 14.3. The highest BCUT2D eigenvalue weighted by molar-refractivity contribution is 6.83. The van der Waals surface area contributed by atoms with Crippen LogP contribution in [0.4, 0.5) is 0 Å². The average Bonchev–Trinajstić information content (AvgIpc) is 3.15. The van der Waals surface area contributed by atoms with Crippen LogP contribution in [-0.2, 0) is 4.74 Å². The molecule has 0 aromatic heterocycles. The van der Waals surface area contributed by atoms with Crippen molar-refractivity contribution in [1.29, 1.82) is 0 Å². The molecule has 1 aliphatic rings. The summed E-state index contributed by atoms with van der Waals surface area (Å²) in [5.41, 5.74) is 4.60. The van der Waals surface area contributed by atoms with Crippen molar-refractivity contribution in [3.63, 3.8) is 0 Å². The number of ether oxygens (including phenoxy) is 1. The molecule has 0 saturated carbocycles. The summed E-state index contributed by atoms with van der Waals surface area (Å²) in [6, 6.07) is 20.8. The maximum atomic E-state index is 13.4. The summed E-state index contributed by atoms with van der Waals surface area (Å²) >= 11 is 0. The number of rotatable bonds is 8. The second kappa shape index (κ2) is 9.34. The fourth-order valence-electron chi connectivity index (χ4n) is 5.61. The highest BCUT2D eigenvalue weighted by Gasteiger charge is 2.46. The van der Waals surface area contributed by atoms with Crippen molar-refractivity contribution < 1.29 is 9.53 Å². The molecule has 0 aliphatic carbocycles. The minimum atomic E-state index is -1.63. The van der Waals surface area contributed by atoms with Gasteiger partial charge in [-0.2, -0.15) is 0 Å². The Bertz CT molecular complexity index is 860. The first kappa shape index (κ1) is 22.5. The normalized spacial score (nSPS) is 17.2. The second-order valence-corrected chi connectivity index (χ2v) is 15.7. The van der Waals surface area contributed by atoms with E-state index in [1.807, 2.05) is 60.7 Å². The minimum Gasteiger partial charge on any atom is -0.489 e. The van der Waals surface area contributed by atoms with E-state index in [2.05, 4.69) is 41.5 Å². The lowest BCUT2D eigenvalue weighted by atomic mass is 9.97. The number of ketones is 1. The molecule has 1 heterocycles. The third-order valence-electron chi connectivity index (χ3n) is 7.14. The molecule has 1 unspecified atom stereocenters. The monoisotopic (exact) mass is 420 g/mol. The van der Waals surface area contributed by atoms with Crippen LogP contribution in [0.1, 0.15) is 63.9 Å². The average molecular weight is 421 g/mol. The molecule has 0 spiro atoms. The van der Waals surface area contributed by atoms with E-state index in [0.29, 0.717) is 23.0 Å². The highest BCUT2D eigenvalue weighted by Crippen LogP contribution is 2.48. The Hall–Kier alpha value is -2.13. The molecule has 0 fully saturated rings. The van der Waals surface area contributed by atoms with Gasteiger partial charge in [0.1, 0.15) is 11.9 Å². The van der Waals surface area contributed by atoms with Gasteiger partial charge in [0.25, 0.3) is 0 Å². The van der Waals surface area contributed by atoms with Gasteiger partial charge in [0.2, 0.25) is 0 Å². The molecule has 2 aromatic rings. The first-order chi connectivity index (χ1) is 14.3. The molecule has 160 valence electrons. The van der Waals surface area contributed by atoms with Crippen molar-refractivity contribution in [3.8, 4) is 0 Å². The third kappa shape index (κ3) is 4.32. The Balaban J connectivity index is 1.97. The molecule has 3 heteroatoms. The molecule has 0 radical (unpaired) electrons.